The summed E-state index contributed by atoms with van der Waals surface area (Å²) in [6, 6.07) is 7.54. The maximum Gasteiger partial charge on any atom is 0.134 e. The van der Waals surface area contributed by atoms with Crippen LogP contribution in [0.1, 0.15) is 12.5 Å². The highest BCUT2D eigenvalue weighted by Gasteiger charge is 1.96. The molecular formula is C13H18NO4-. The minimum Gasteiger partial charge on any atom is -0.530 e. The molecule has 0 aliphatic rings. The first kappa shape index (κ1) is 14.3. The first-order valence-corrected chi connectivity index (χ1v) is 5.96. The van der Waals surface area contributed by atoms with Crippen LogP contribution >= 0.6 is 0 Å². The Hall–Kier alpha value is -1.75. The molecule has 0 fully saturated rings. The number of benzene rings is 1. The van der Waals surface area contributed by atoms with Crippen molar-refractivity contribution in [2.75, 3.05) is 26.4 Å². The third-order valence-electron chi connectivity index (χ3n) is 2.31. The number of carbonyl (C=O) groups is 1. The van der Waals surface area contributed by atoms with Gasteiger partial charge in [0.15, 0.2) is 0 Å². The number of amides is 1. The van der Waals surface area contributed by atoms with Crippen LogP contribution in [-0.4, -0.2) is 32.5 Å². The molecule has 0 atom stereocenters. The van der Waals surface area contributed by atoms with E-state index in [1.165, 1.54) is 0 Å². The Morgan fingerprint density at radius 2 is 2.00 bits per heavy atom. The van der Waals surface area contributed by atoms with Crippen molar-refractivity contribution >= 4 is 6.09 Å². The highest BCUT2D eigenvalue weighted by Crippen LogP contribution is 2.12. The summed E-state index contributed by atoms with van der Waals surface area (Å²) < 4.78 is 10.6. The summed E-state index contributed by atoms with van der Waals surface area (Å²) in [6.45, 7) is 4.09. The number of rotatable bonds is 8. The van der Waals surface area contributed by atoms with E-state index in [2.05, 4.69) is 5.32 Å². The molecule has 1 N–H and O–H groups in total. The molecule has 0 aliphatic carbocycles. The monoisotopic (exact) mass is 252 g/mol. The molecule has 5 heteroatoms. The number of ether oxygens (including phenoxy) is 2. The van der Waals surface area contributed by atoms with E-state index in [1.54, 1.807) is 0 Å². The van der Waals surface area contributed by atoms with Crippen LogP contribution in [0.15, 0.2) is 24.3 Å². The third kappa shape index (κ3) is 6.10. The van der Waals surface area contributed by atoms with Gasteiger partial charge in [-0.2, -0.15) is 0 Å². The topological polar surface area (TPSA) is 70.6 Å². The van der Waals surface area contributed by atoms with Gasteiger partial charge in [-0.05, 0) is 31.0 Å². The average Bonchev–Trinajstić information content (AvgIpc) is 2.36. The van der Waals surface area contributed by atoms with Crippen LogP contribution < -0.4 is 15.2 Å². The van der Waals surface area contributed by atoms with Crippen LogP contribution in [0.2, 0.25) is 0 Å². The fourth-order valence-corrected chi connectivity index (χ4v) is 1.42. The van der Waals surface area contributed by atoms with Crippen molar-refractivity contribution < 1.29 is 19.4 Å². The summed E-state index contributed by atoms with van der Waals surface area (Å²) in [5.74, 6) is 0.784. The van der Waals surface area contributed by atoms with E-state index in [4.69, 9.17) is 9.47 Å². The number of carbonyl (C=O) groups excluding carboxylic acids is 1. The van der Waals surface area contributed by atoms with Crippen molar-refractivity contribution in [3.05, 3.63) is 29.8 Å². The molecule has 0 aromatic heterocycles. The summed E-state index contributed by atoms with van der Waals surface area (Å²) in [4.78, 5) is 10.2. The third-order valence-corrected chi connectivity index (χ3v) is 2.31. The molecule has 0 saturated carbocycles. The van der Waals surface area contributed by atoms with Gasteiger partial charge in [0.05, 0.1) is 6.61 Å². The van der Waals surface area contributed by atoms with Crippen LogP contribution in [0.4, 0.5) is 4.79 Å². The van der Waals surface area contributed by atoms with Gasteiger partial charge in [0.25, 0.3) is 0 Å². The molecule has 0 unspecified atom stereocenters. The Morgan fingerprint density at radius 3 is 2.61 bits per heavy atom. The molecular weight excluding hydrogens is 234 g/mol. The van der Waals surface area contributed by atoms with Gasteiger partial charge in [-0.15, -0.1) is 0 Å². The van der Waals surface area contributed by atoms with Gasteiger partial charge >= 0.3 is 0 Å². The molecule has 0 bridgehead atoms. The van der Waals surface area contributed by atoms with Crippen molar-refractivity contribution in [2.45, 2.75) is 13.3 Å². The molecule has 0 aliphatic heterocycles. The van der Waals surface area contributed by atoms with Gasteiger partial charge in [0.2, 0.25) is 0 Å². The van der Waals surface area contributed by atoms with Crippen molar-refractivity contribution in [3.8, 4) is 5.75 Å². The van der Waals surface area contributed by atoms with Gasteiger partial charge < -0.3 is 24.7 Å². The van der Waals surface area contributed by atoms with Gasteiger partial charge in [-0.3, -0.25) is 0 Å². The Morgan fingerprint density at radius 1 is 1.28 bits per heavy atom. The van der Waals surface area contributed by atoms with E-state index in [0.717, 1.165) is 11.3 Å². The van der Waals surface area contributed by atoms with E-state index < -0.39 is 6.09 Å². The molecule has 0 saturated heterocycles. The maximum absolute atomic E-state index is 10.2. The molecule has 1 aromatic rings. The van der Waals surface area contributed by atoms with Gasteiger partial charge in [0.1, 0.15) is 18.4 Å². The summed E-state index contributed by atoms with van der Waals surface area (Å²) >= 11 is 0. The van der Waals surface area contributed by atoms with Crippen LogP contribution in [-0.2, 0) is 11.2 Å². The lowest BCUT2D eigenvalue weighted by molar-refractivity contribution is -0.250. The van der Waals surface area contributed by atoms with E-state index >= 15 is 0 Å². The van der Waals surface area contributed by atoms with Crippen LogP contribution in [0.5, 0.6) is 5.75 Å². The highest BCUT2D eigenvalue weighted by atomic mass is 16.5. The smallest absolute Gasteiger partial charge is 0.134 e. The molecule has 1 rings (SSSR count). The highest BCUT2D eigenvalue weighted by molar-refractivity contribution is 5.61. The molecule has 1 aromatic carbocycles. The fraction of sp³-hybridized carbons (Fsp3) is 0.462. The standard InChI is InChI=1S/C13H19NO4/c1-2-17-9-10-18-12-5-3-11(4-6-12)7-8-14-13(15)16/h3-6,14H,2,7-10H2,1H3,(H,15,16)/p-1. The lowest BCUT2D eigenvalue weighted by Crippen LogP contribution is -2.37. The van der Waals surface area contributed by atoms with E-state index in [-0.39, 0.29) is 0 Å². The first-order chi connectivity index (χ1) is 8.72. The minimum atomic E-state index is -1.24. The van der Waals surface area contributed by atoms with Crippen molar-refractivity contribution in [3.63, 3.8) is 0 Å². The van der Waals surface area contributed by atoms with Gasteiger partial charge in [-0.25, -0.2) is 0 Å². The van der Waals surface area contributed by atoms with Gasteiger partial charge in [0, 0.05) is 13.2 Å². The zero-order valence-electron chi connectivity index (χ0n) is 10.5. The zero-order valence-corrected chi connectivity index (χ0v) is 10.5. The minimum absolute atomic E-state index is 0.354. The molecule has 0 spiro atoms. The number of hydrogen-bond acceptors (Lipinski definition) is 4. The second kappa shape index (κ2) is 8.36. The maximum atomic E-state index is 10.2. The van der Waals surface area contributed by atoms with Crippen LogP contribution in [0.25, 0.3) is 0 Å². The van der Waals surface area contributed by atoms with Crippen molar-refractivity contribution in [1.29, 1.82) is 0 Å². The Bertz CT molecular complexity index is 351. The second-order valence-electron chi connectivity index (χ2n) is 3.65. The SMILES string of the molecule is CCOCCOc1ccc(CCNC(=O)[O-])cc1. The second-order valence-corrected chi connectivity index (χ2v) is 3.65. The molecule has 18 heavy (non-hydrogen) atoms. The first-order valence-electron chi connectivity index (χ1n) is 5.96. The molecule has 5 nitrogen and oxygen atoms in total. The summed E-state index contributed by atoms with van der Waals surface area (Å²) in [6.07, 6.45) is -0.612. The predicted molar refractivity (Wildman–Crippen MR) is 65.5 cm³/mol. The normalized spacial score (nSPS) is 10.1. The Kier molecular flexibility index (Phi) is 6.64. The fourth-order valence-electron chi connectivity index (χ4n) is 1.42. The summed E-state index contributed by atoms with van der Waals surface area (Å²) in [7, 11) is 0. The van der Waals surface area contributed by atoms with E-state index in [9.17, 15) is 9.90 Å². The molecule has 0 heterocycles. The molecule has 100 valence electrons. The zero-order chi connectivity index (χ0) is 13.2. The van der Waals surface area contributed by atoms with Gasteiger partial charge in [-0.1, -0.05) is 12.1 Å². The number of carboxylic acid groups (broad SMARTS) is 1. The number of hydrogen-bond donors (Lipinski definition) is 1. The largest absolute Gasteiger partial charge is 0.530 e. The Labute approximate surface area is 107 Å². The van der Waals surface area contributed by atoms with E-state index in [0.29, 0.717) is 32.8 Å². The lowest BCUT2D eigenvalue weighted by Gasteiger charge is -2.08. The predicted octanol–water partition coefficient (Wildman–Crippen LogP) is 0.577. The average molecular weight is 252 g/mol. The van der Waals surface area contributed by atoms with E-state index in [1.807, 2.05) is 31.2 Å². The summed E-state index contributed by atoms with van der Waals surface area (Å²) in [5, 5.41) is 12.4. The summed E-state index contributed by atoms with van der Waals surface area (Å²) in [5.41, 5.74) is 1.04. The Balaban J connectivity index is 2.26. The van der Waals surface area contributed by atoms with Crippen molar-refractivity contribution in [1.82, 2.24) is 5.32 Å². The van der Waals surface area contributed by atoms with Crippen LogP contribution in [0, 0.1) is 0 Å². The molecule has 1 amide bonds. The van der Waals surface area contributed by atoms with Crippen molar-refractivity contribution in [2.24, 2.45) is 0 Å². The quantitative estimate of drug-likeness (QED) is 0.687. The van der Waals surface area contributed by atoms with Crippen LogP contribution in [0.3, 0.4) is 0 Å². The number of nitrogens with one attached hydrogen (secondary N) is 1. The molecule has 0 radical (unpaired) electrons. The lowest BCUT2D eigenvalue weighted by atomic mass is 10.1.